The minimum Gasteiger partial charge on any atom is -0.381 e. The first-order valence-electron chi connectivity index (χ1n) is 18.9. The van der Waals surface area contributed by atoms with E-state index in [-0.39, 0.29) is 0 Å². The van der Waals surface area contributed by atoms with Crippen molar-refractivity contribution in [2.45, 2.75) is 168 Å². The summed E-state index contributed by atoms with van der Waals surface area (Å²) in [4.78, 5) is 2.46. The van der Waals surface area contributed by atoms with E-state index in [0.29, 0.717) is 11.8 Å². The number of hydrogen-bond donors (Lipinski definition) is 0. The van der Waals surface area contributed by atoms with E-state index in [1.807, 2.05) is 0 Å². The molecule has 3 nitrogen and oxygen atoms in total. The van der Waals surface area contributed by atoms with E-state index in [0.717, 1.165) is 39.5 Å². The molecule has 0 spiro atoms. The Bertz CT molecular complexity index is 539. The lowest BCUT2D eigenvalue weighted by Gasteiger charge is -2.18. The van der Waals surface area contributed by atoms with Crippen LogP contribution in [0.15, 0.2) is 24.3 Å². The van der Waals surface area contributed by atoms with Gasteiger partial charge in [-0.05, 0) is 71.3 Å². The van der Waals surface area contributed by atoms with Crippen LogP contribution in [-0.4, -0.2) is 51.5 Å². The Labute approximate surface area is 264 Å². The third-order valence-corrected chi connectivity index (χ3v) is 9.02. The van der Waals surface area contributed by atoms with E-state index < -0.39 is 0 Å². The standard InChI is InChI=1S/C39H75NO2/c1-4-6-8-10-12-14-16-18-20-22-24-26-28-30-32-41-36-38-34-40(3)35-39(38)37-42-33-31-29-27-25-23-21-19-17-15-13-11-9-7-5-2/h14-17,38-39H,4-13,18-37H2,1-3H3/t38-,39-/m0/s1. The first kappa shape index (κ1) is 39.4. The van der Waals surface area contributed by atoms with Crippen molar-refractivity contribution in [2.24, 2.45) is 11.8 Å². The largest absolute Gasteiger partial charge is 0.381 e. The van der Waals surface area contributed by atoms with Gasteiger partial charge in [-0.3, -0.25) is 0 Å². The highest BCUT2D eigenvalue weighted by molar-refractivity contribution is 4.83. The van der Waals surface area contributed by atoms with E-state index in [4.69, 9.17) is 9.47 Å². The monoisotopic (exact) mass is 590 g/mol. The molecule has 0 aromatic heterocycles. The van der Waals surface area contributed by atoms with Crippen LogP contribution in [0.4, 0.5) is 0 Å². The van der Waals surface area contributed by atoms with Gasteiger partial charge in [0.25, 0.3) is 0 Å². The van der Waals surface area contributed by atoms with Gasteiger partial charge >= 0.3 is 0 Å². The van der Waals surface area contributed by atoms with Crippen molar-refractivity contribution >= 4 is 0 Å². The molecule has 1 heterocycles. The first-order chi connectivity index (χ1) is 20.8. The molecule has 1 aliphatic heterocycles. The van der Waals surface area contributed by atoms with Crippen LogP contribution in [0.5, 0.6) is 0 Å². The van der Waals surface area contributed by atoms with Gasteiger partial charge in [-0.1, -0.05) is 128 Å². The molecule has 2 atom stereocenters. The van der Waals surface area contributed by atoms with Crippen LogP contribution in [0, 0.1) is 11.8 Å². The Kier molecular flexibility index (Phi) is 29.8. The summed E-state index contributed by atoms with van der Waals surface area (Å²) in [6.07, 6.45) is 41.8. The fourth-order valence-electron chi connectivity index (χ4n) is 6.22. The average Bonchev–Trinajstić information content (AvgIpc) is 3.35. The van der Waals surface area contributed by atoms with Crippen molar-refractivity contribution in [1.29, 1.82) is 0 Å². The molecule has 0 radical (unpaired) electrons. The molecule has 1 fully saturated rings. The van der Waals surface area contributed by atoms with Crippen LogP contribution in [0.1, 0.15) is 168 Å². The van der Waals surface area contributed by atoms with Crippen LogP contribution < -0.4 is 0 Å². The molecule has 0 bridgehead atoms. The van der Waals surface area contributed by atoms with E-state index in [1.165, 1.54) is 154 Å². The van der Waals surface area contributed by atoms with Crippen LogP contribution in [0.3, 0.4) is 0 Å². The second-order valence-corrected chi connectivity index (χ2v) is 13.4. The smallest absolute Gasteiger partial charge is 0.0510 e. The number of ether oxygens (including phenoxy) is 2. The summed E-state index contributed by atoms with van der Waals surface area (Å²) in [5, 5.41) is 0. The lowest BCUT2D eigenvalue weighted by atomic mass is 9.98. The fourth-order valence-corrected chi connectivity index (χ4v) is 6.22. The van der Waals surface area contributed by atoms with Crippen molar-refractivity contribution < 1.29 is 9.47 Å². The molecule has 248 valence electrons. The number of likely N-dealkylation sites (tertiary alicyclic amines) is 1. The molecule has 0 N–H and O–H groups in total. The highest BCUT2D eigenvalue weighted by Crippen LogP contribution is 2.23. The van der Waals surface area contributed by atoms with Crippen LogP contribution in [0.25, 0.3) is 0 Å². The topological polar surface area (TPSA) is 21.7 Å². The molecule has 3 heteroatoms. The van der Waals surface area contributed by atoms with Crippen molar-refractivity contribution in [3.63, 3.8) is 0 Å². The molecule has 0 aromatic carbocycles. The van der Waals surface area contributed by atoms with Gasteiger partial charge < -0.3 is 14.4 Å². The highest BCUT2D eigenvalue weighted by atomic mass is 16.5. The number of unbranched alkanes of at least 4 members (excludes halogenated alkanes) is 20. The number of nitrogens with zero attached hydrogens (tertiary/aromatic N) is 1. The van der Waals surface area contributed by atoms with E-state index in [1.54, 1.807) is 0 Å². The third-order valence-electron chi connectivity index (χ3n) is 9.02. The van der Waals surface area contributed by atoms with Gasteiger partial charge in [-0.15, -0.1) is 0 Å². The van der Waals surface area contributed by atoms with Gasteiger partial charge in [0.15, 0.2) is 0 Å². The zero-order valence-electron chi connectivity index (χ0n) is 28.9. The SMILES string of the molecule is CCCCCCC=CCCCCCCCCOC[C@@H]1CN(C)C[C@H]1COCCCCCCCCC=CCCCCCC. The Hall–Kier alpha value is -0.640. The Morgan fingerprint density at radius 3 is 1.12 bits per heavy atom. The predicted octanol–water partition coefficient (Wildman–Crippen LogP) is 11.7. The maximum Gasteiger partial charge on any atom is 0.0510 e. The molecular formula is C39H75NO2. The van der Waals surface area contributed by atoms with Crippen molar-refractivity contribution in [3.8, 4) is 0 Å². The lowest BCUT2D eigenvalue weighted by Crippen LogP contribution is -2.23. The van der Waals surface area contributed by atoms with Gasteiger partial charge in [-0.2, -0.15) is 0 Å². The predicted molar refractivity (Wildman–Crippen MR) is 187 cm³/mol. The normalized spacial score (nSPS) is 17.9. The molecule has 1 aliphatic rings. The minimum absolute atomic E-state index is 0.639. The summed E-state index contributed by atoms with van der Waals surface area (Å²) in [6, 6.07) is 0. The van der Waals surface area contributed by atoms with E-state index in [2.05, 4.69) is 50.1 Å². The summed E-state index contributed by atoms with van der Waals surface area (Å²) in [5.41, 5.74) is 0. The Morgan fingerprint density at radius 2 is 0.762 bits per heavy atom. The van der Waals surface area contributed by atoms with Crippen molar-refractivity contribution in [3.05, 3.63) is 24.3 Å². The van der Waals surface area contributed by atoms with Crippen molar-refractivity contribution in [2.75, 3.05) is 46.6 Å². The van der Waals surface area contributed by atoms with Crippen LogP contribution in [0.2, 0.25) is 0 Å². The molecule has 0 saturated carbocycles. The van der Waals surface area contributed by atoms with Gasteiger partial charge in [-0.25, -0.2) is 0 Å². The zero-order chi connectivity index (χ0) is 30.2. The molecule has 0 aromatic rings. The molecule has 0 unspecified atom stereocenters. The highest BCUT2D eigenvalue weighted by Gasteiger charge is 2.30. The zero-order valence-corrected chi connectivity index (χ0v) is 28.9. The minimum atomic E-state index is 0.639. The molecule has 42 heavy (non-hydrogen) atoms. The number of allylic oxidation sites excluding steroid dienone is 4. The fraction of sp³-hybridized carbons (Fsp3) is 0.897. The quantitative estimate of drug-likeness (QED) is 0.0575. The van der Waals surface area contributed by atoms with Gasteiger partial charge in [0.1, 0.15) is 0 Å². The molecule has 1 saturated heterocycles. The Morgan fingerprint density at radius 1 is 0.452 bits per heavy atom. The maximum atomic E-state index is 6.14. The van der Waals surface area contributed by atoms with Crippen molar-refractivity contribution in [1.82, 2.24) is 4.90 Å². The summed E-state index contributed by atoms with van der Waals surface area (Å²) >= 11 is 0. The Balaban J connectivity index is 1.88. The third kappa shape index (κ3) is 25.8. The lowest BCUT2D eigenvalue weighted by molar-refractivity contribution is 0.0482. The molecular weight excluding hydrogens is 514 g/mol. The molecule has 1 rings (SSSR count). The van der Waals surface area contributed by atoms with Crippen LogP contribution >= 0.6 is 0 Å². The maximum absolute atomic E-state index is 6.14. The summed E-state index contributed by atoms with van der Waals surface area (Å²) in [6.45, 7) is 10.6. The van der Waals surface area contributed by atoms with E-state index in [9.17, 15) is 0 Å². The second kappa shape index (κ2) is 31.8. The summed E-state index contributed by atoms with van der Waals surface area (Å²) < 4.78 is 12.3. The van der Waals surface area contributed by atoms with Gasteiger partial charge in [0.05, 0.1) is 13.2 Å². The molecule has 0 aliphatic carbocycles. The number of rotatable bonds is 32. The summed E-state index contributed by atoms with van der Waals surface area (Å²) in [5.74, 6) is 1.28. The first-order valence-corrected chi connectivity index (χ1v) is 18.9. The average molecular weight is 590 g/mol. The summed E-state index contributed by atoms with van der Waals surface area (Å²) in [7, 11) is 2.25. The second-order valence-electron chi connectivity index (χ2n) is 13.4. The van der Waals surface area contributed by atoms with Gasteiger partial charge in [0.2, 0.25) is 0 Å². The molecule has 0 amide bonds. The van der Waals surface area contributed by atoms with Gasteiger partial charge in [0, 0.05) is 38.1 Å². The van der Waals surface area contributed by atoms with E-state index >= 15 is 0 Å². The number of hydrogen-bond acceptors (Lipinski definition) is 3. The van der Waals surface area contributed by atoms with Crippen LogP contribution in [-0.2, 0) is 9.47 Å².